The van der Waals surface area contributed by atoms with Gasteiger partial charge in [-0.2, -0.15) is 5.10 Å². The Morgan fingerprint density at radius 1 is 1.33 bits per heavy atom. The Kier molecular flexibility index (Phi) is 4.02. The molecular formula is C14H16F2N4O. The van der Waals surface area contributed by atoms with Gasteiger partial charge in [-0.05, 0) is 6.07 Å². The van der Waals surface area contributed by atoms with E-state index in [4.69, 9.17) is 0 Å². The van der Waals surface area contributed by atoms with Gasteiger partial charge in [0.25, 0.3) is 5.91 Å². The highest BCUT2D eigenvalue weighted by molar-refractivity contribution is 5.92. The second kappa shape index (κ2) is 5.59. The number of carbonyl (C=O) groups is 1. The predicted octanol–water partition coefficient (Wildman–Crippen LogP) is 2.31. The van der Waals surface area contributed by atoms with Crippen molar-refractivity contribution >= 4 is 5.91 Å². The molecule has 0 spiro atoms. The van der Waals surface area contributed by atoms with Crippen molar-refractivity contribution in [1.29, 1.82) is 0 Å². The van der Waals surface area contributed by atoms with Gasteiger partial charge >= 0.3 is 0 Å². The Bertz CT molecular complexity index is 661. The summed E-state index contributed by atoms with van der Waals surface area (Å²) in [6.07, 6.45) is 0.798. The lowest BCUT2D eigenvalue weighted by Gasteiger charge is -2.13. The van der Waals surface area contributed by atoms with Crippen LogP contribution < -0.4 is 5.32 Å². The second-order valence-electron chi connectivity index (χ2n) is 5.70. The number of aromatic nitrogens is 3. The average molecular weight is 294 g/mol. The summed E-state index contributed by atoms with van der Waals surface area (Å²) in [6.45, 7) is 6.20. The molecule has 7 heteroatoms. The van der Waals surface area contributed by atoms with Gasteiger partial charge in [-0.25, -0.2) is 13.8 Å². The fourth-order valence-corrected chi connectivity index (χ4v) is 1.68. The third-order valence-electron chi connectivity index (χ3n) is 2.86. The van der Waals surface area contributed by atoms with Crippen LogP contribution >= 0.6 is 0 Å². The van der Waals surface area contributed by atoms with Gasteiger partial charge in [0.05, 0.1) is 24.1 Å². The molecule has 1 amide bonds. The highest BCUT2D eigenvalue weighted by Crippen LogP contribution is 2.20. The molecule has 5 nitrogen and oxygen atoms in total. The van der Waals surface area contributed by atoms with Gasteiger partial charge in [0.2, 0.25) is 0 Å². The molecule has 2 aromatic rings. The number of amides is 1. The number of nitrogens with zero attached hydrogens (tertiary/aromatic N) is 2. The molecule has 2 aromatic heterocycles. The first kappa shape index (κ1) is 15.1. The summed E-state index contributed by atoms with van der Waals surface area (Å²) in [5.41, 5.74) is 1.00. The molecule has 0 aliphatic heterocycles. The summed E-state index contributed by atoms with van der Waals surface area (Å²) < 4.78 is 26.1. The molecule has 0 aliphatic carbocycles. The Hall–Kier alpha value is -2.31. The van der Waals surface area contributed by atoms with E-state index < -0.39 is 23.2 Å². The minimum absolute atomic E-state index is 0.108. The molecule has 0 saturated carbocycles. The fraction of sp³-hybridized carbons (Fsp3) is 0.357. The SMILES string of the molecule is CC(C)(C)c1cc(CNC(=O)c2ncc(F)cc2F)[nH]n1. The standard InChI is InChI=1S/C14H16F2N4O/c1-14(2,3)11-5-9(19-20-11)7-18-13(21)12-10(16)4-8(15)6-17-12/h4-6H,7H2,1-3H3,(H,18,21)(H,19,20). The van der Waals surface area contributed by atoms with Crippen LogP contribution in [0.2, 0.25) is 0 Å². The molecule has 0 aliphatic rings. The van der Waals surface area contributed by atoms with Crippen LogP contribution in [0, 0.1) is 11.6 Å². The van der Waals surface area contributed by atoms with Crippen molar-refractivity contribution in [2.45, 2.75) is 32.7 Å². The summed E-state index contributed by atoms with van der Waals surface area (Å²) in [5.74, 6) is -2.53. The molecule has 0 atom stereocenters. The first-order valence-corrected chi connectivity index (χ1v) is 6.41. The first-order valence-electron chi connectivity index (χ1n) is 6.41. The number of hydrogen-bond acceptors (Lipinski definition) is 3. The Morgan fingerprint density at radius 2 is 2.05 bits per heavy atom. The number of nitrogens with one attached hydrogen (secondary N) is 2. The quantitative estimate of drug-likeness (QED) is 0.912. The van der Waals surface area contributed by atoms with Crippen LogP contribution in [0.3, 0.4) is 0 Å². The van der Waals surface area contributed by atoms with E-state index in [1.54, 1.807) is 0 Å². The molecule has 0 aromatic carbocycles. The highest BCUT2D eigenvalue weighted by atomic mass is 19.1. The number of aromatic amines is 1. The first-order chi connectivity index (χ1) is 9.77. The monoisotopic (exact) mass is 294 g/mol. The smallest absolute Gasteiger partial charge is 0.273 e. The largest absolute Gasteiger partial charge is 0.345 e. The van der Waals surface area contributed by atoms with Crippen LogP contribution in [0.4, 0.5) is 8.78 Å². The number of H-pyrrole nitrogens is 1. The summed E-state index contributed by atoms with van der Waals surface area (Å²) in [7, 11) is 0. The zero-order chi connectivity index (χ0) is 15.6. The molecule has 2 rings (SSSR count). The number of halogens is 2. The van der Waals surface area contributed by atoms with Gasteiger partial charge in [-0.3, -0.25) is 9.89 Å². The van der Waals surface area contributed by atoms with Crippen LogP contribution in [-0.4, -0.2) is 21.1 Å². The van der Waals surface area contributed by atoms with E-state index in [-0.39, 0.29) is 12.0 Å². The van der Waals surface area contributed by atoms with E-state index in [2.05, 4.69) is 20.5 Å². The molecule has 2 heterocycles. The summed E-state index contributed by atoms with van der Waals surface area (Å²) in [6, 6.07) is 2.45. The molecular weight excluding hydrogens is 278 g/mol. The van der Waals surface area contributed by atoms with E-state index in [0.29, 0.717) is 11.8 Å². The third-order valence-corrected chi connectivity index (χ3v) is 2.86. The van der Waals surface area contributed by atoms with Gasteiger partial charge in [-0.15, -0.1) is 0 Å². The zero-order valence-electron chi connectivity index (χ0n) is 12.0. The fourth-order valence-electron chi connectivity index (χ4n) is 1.68. The predicted molar refractivity (Wildman–Crippen MR) is 72.6 cm³/mol. The van der Waals surface area contributed by atoms with Crippen molar-refractivity contribution in [2.75, 3.05) is 0 Å². The van der Waals surface area contributed by atoms with Gasteiger partial charge in [0, 0.05) is 11.5 Å². The van der Waals surface area contributed by atoms with Crippen molar-refractivity contribution in [2.24, 2.45) is 0 Å². The highest BCUT2D eigenvalue weighted by Gasteiger charge is 2.18. The lowest BCUT2D eigenvalue weighted by molar-refractivity contribution is 0.0940. The molecule has 0 saturated heterocycles. The van der Waals surface area contributed by atoms with Crippen LogP contribution in [0.15, 0.2) is 18.3 Å². The average Bonchev–Trinajstić information content (AvgIpc) is 2.84. The van der Waals surface area contributed by atoms with Crippen molar-refractivity contribution in [3.05, 3.63) is 47.0 Å². The molecule has 0 radical (unpaired) electrons. The lowest BCUT2D eigenvalue weighted by atomic mass is 9.92. The maximum Gasteiger partial charge on any atom is 0.273 e. The maximum atomic E-state index is 13.4. The molecule has 2 N–H and O–H groups in total. The number of pyridine rings is 1. The Balaban J connectivity index is 2.03. The Labute approximate surface area is 120 Å². The van der Waals surface area contributed by atoms with E-state index in [0.717, 1.165) is 11.9 Å². The van der Waals surface area contributed by atoms with Crippen LogP contribution in [0.25, 0.3) is 0 Å². The van der Waals surface area contributed by atoms with Gasteiger partial charge in [0.1, 0.15) is 5.82 Å². The van der Waals surface area contributed by atoms with Gasteiger partial charge < -0.3 is 5.32 Å². The zero-order valence-corrected chi connectivity index (χ0v) is 12.0. The minimum atomic E-state index is -0.993. The summed E-state index contributed by atoms with van der Waals surface area (Å²) >= 11 is 0. The Morgan fingerprint density at radius 3 is 2.62 bits per heavy atom. The second-order valence-corrected chi connectivity index (χ2v) is 5.70. The summed E-state index contributed by atoms with van der Waals surface area (Å²) in [4.78, 5) is 15.2. The van der Waals surface area contributed by atoms with Crippen molar-refractivity contribution in [1.82, 2.24) is 20.5 Å². The van der Waals surface area contributed by atoms with E-state index in [1.165, 1.54) is 0 Å². The van der Waals surface area contributed by atoms with E-state index in [1.807, 2.05) is 26.8 Å². The minimum Gasteiger partial charge on any atom is -0.345 e. The van der Waals surface area contributed by atoms with Crippen molar-refractivity contribution in [3.8, 4) is 0 Å². The third kappa shape index (κ3) is 3.62. The number of hydrogen-bond donors (Lipinski definition) is 2. The van der Waals surface area contributed by atoms with Gasteiger partial charge in [-0.1, -0.05) is 20.8 Å². The lowest BCUT2D eigenvalue weighted by Crippen LogP contribution is -2.25. The molecule has 112 valence electrons. The molecule has 0 bridgehead atoms. The topological polar surface area (TPSA) is 70.7 Å². The van der Waals surface area contributed by atoms with E-state index >= 15 is 0 Å². The molecule has 21 heavy (non-hydrogen) atoms. The van der Waals surface area contributed by atoms with Crippen LogP contribution in [0.1, 0.15) is 42.6 Å². The van der Waals surface area contributed by atoms with Crippen LogP contribution in [-0.2, 0) is 12.0 Å². The summed E-state index contributed by atoms with van der Waals surface area (Å²) in [5, 5.41) is 9.46. The van der Waals surface area contributed by atoms with Crippen molar-refractivity contribution in [3.63, 3.8) is 0 Å². The normalized spacial score (nSPS) is 11.5. The van der Waals surface area contributed by atoms with E-state index in [9.17, 15) is 13.6 Å². The maximum absolute atomic E-state index is 13.4. The van der Waals surface area contributed by atoms with Crippen molar-refractivity contribution < 1.29 is 13.6 Å². The van der Waals surface area contributed by atoms with Crippen LogP contribution in [0.5, 0.6) is 0 Å². The molecule has 0 fully saturated rings. The number of rotatable bonds is 3. The number of carbonyl (C=O) groups excluding carboxylic acids is 1. The molecule has 0 unspecified atom stereocenters. The van der Waals surface area contributed by atoms with Gasteiger partial charge in [0.15, 0.2) is 11.5 Å².